The van der Waals surface area contributed by atoms with Crippen LogP contribution in [0, 0.1) is 5.92 Å². The van der Waals surface area contributed by atoms with Gasteiger partial charge in [-0.3, -0.25) is 9.59 Å². The quantitative estimate of drug-likeness (QED) is 0.689. The number of para-hydroxylation sites is 2. The topological polar surface area (TPSA) is 67.2 Å². The first kappa shape index (κ1) is 18.2. The highest BCUT2D eigenvalue weighted by Crippen LogP contribution is 2.28. The number of rotatable bonds is 7. The molecule has 1 saturated carbocycles. The molecule has 0 unspecified atom stereocenters. The maximum absolute atomic E-state index is 12.9. The molecule has 3 aromatic rings. The van der Waals surface area contributed by atoms with E-state index in [1.807, 2.05) is 66.2 Å². The SMILES string of the molecule is CN(Cc1ccccc1)C(=O)Cn1c(CNC(=O)C2CC2)nc2ccccc21. The van der Waals surface area contributed by atoms with Gasteiger partial charge in [-0.1, -0.05) is 42.5 Å². The van der Waals surface area contributed by atoms with E-state index in [1.54, 1.807) is 4.90 Å². The summed E-state index contributed by atoms with van der Waals surface area (Å²) in [7, 11) is 1.81. The monoisotopic (exact) mass is 376 g/mol. The zero-order valence-corrected chi connectivity index (χ0v) is 16.0. The highest BCUT2D eigenvalue weighted by molar-refractivity contribution is 5.82. The standard InChI is InChI=1S/C22H24N4O2/c1-25(14-16-7-3-2-4-8-16)21(27)15-26-19-10-6-5-9-18(19)24-20(26)13-23-22(28)17-11-12-17/h2-10,17H,11-15H2,1H3,(H,23,28). The Bertz CT molecular complexity index is 992. The summed E-state index contributed by atoms with van der Waals surface area (Å²) >= 11 is 0. The van der Waals surface area contributed by atoms with Gasteiger partial charge in [0.15, 0.2) is 0 Å². The summed E-state index contributed by atoms with van der Waals surface area (Å²) in [4.78, 5) is 31.2. The fourth-order valence-corrected chi connectivity index (χ4v) is 3.29. The molecule has 1 aromatic heterocycles. The van der Waals surface area contributed by atoms with Gasteiger partial charge in [-0.25, -0.2) is 4.98 Å². The zero-order valence-electron chi connectivity index (χ0n) is 16.0. The van der Waals surface area contributed by atoms with Crippen LogP contribution >= 0.6 is 0 Å². The molecule has 0 aliphatic heterocycles. The first-order valence-electron chi connectivity index (χ1n) is 9.61. The number of likely N-dealkylation sites (N-methyl/N-ethyl adjacent to an activating group) is 1. The van der Waals surface area contributed by atoms with Crippen LogP contribution in [0.1, 0.15) is 24.2 Å². The maximum Gasteiger partial charge on any atom is 0.242 e. The molecule has 0 saturated heterocycles. The van der Waals surface area contributed by atoms with E-state index in [0.717, 1.165) is 29.4 Å². The number of carbonyl (C=O) groups is 2. The van der Waals surface area contributed by atoms with E-state index in [1.165, 1.54) is 0 Å². The first-order valence-corrected chi connectivity index (χ1v) is 9.61. The van der Waals surface area contributed by atoms with E-state index >= 15 is 0 Å². The Morgan fingerprint density at radius 1 is 1.11 bits per heavy atom. The number of fused-ring (bicyclic) bond motifs is 1. The Labute approximate surface area is 164 Å². The summed E-state index contributed by atoms with van der Waals surface area (Å²) in [6, 6.07) is 17.7. The molecule has 0 bridgehead atoms. The predicted molar refractivity (Wildman–Crippen MR) is 107 cm³/mol. The van der Waals surface area contributed by atoms with Gasteiger partial charge >= 0.3 is 0 Å². The van der Waals surface area contributed by atoms with Gasteiger partial charge in [-0.2, -0.15) is 0 Å². The Kier molecular flexibility index (Phi) is 5.10. The van der Waals surface area contributed by atoms with Crippen molar-refractivity contribution in [2.75, 3.05) is 7.05 Å². The largest absolute Gasteiger partial charge is 0.349 e. The molecule has 1 N–H and O–H groups in total. The maximum atomic E-state index is 12.9. The molecule has 4 rings (SSSR count). The van der Waals surface area contributed by atoms with Crippen LogP contribution < -0.4 is 5.32 Å². The van der Waals surface area contributed by atoms with Crippen molar-refractivity contribution in [1.29, 1.82) is 0 Å². The Morgan fingerprint density at radius 3 is 2.57 bits per heavy atom. The van der Waals surface area contributed by atoms with Crippen molar-refractivity contribution >= 4 is 22.8 Å². The van der Waals surface area contributed by atoms with E-state index in [4.69, 9.17) is 0 Å². The van der Waals surface area contributed by atoms with E-state index in [9.17, 15) is 9.59 Å². The second-order valence-corrected chi connectivity index (χ2v) is 7.33. The molecule has 144 valence electrons. The number of nitrogens with zero attached hydrogens (tertiary/aromatic N) is 3. The number of carbonyl (C=O) groups excluding carboxylic acids is 2. The third kappa shape index (κ3) is 4.06. The molecule has 1 fully saturated rings. The Balaban J connectivity index is 1.51. The normalized spacial score (nSPS) is 13.5. The summed E-state index contributed by atoms with van der Waals surface area (Å²) in [6.45, 7) is 1.08. The van der Waals surface area contributed by atoms with Crippen molar-refractivity contribution in [2.24, 2.45) is 5.92 Å². The van der Waals surface area contributed by atoms with Crippen molar-refractivity contribution in [3.63, 3.8) is 0 Å². The van der Waals surface area contributed by atoms with Crippen LogP contribution in [0.25, 0.3) is 11.0 Å². The van der Waals surface area contributed by atoms with E-state index < -0.39 is 0 Å². The number of amides is 2. The average Bonchev–Trinajstić information content (AvgIpc) is 3.50. The third-order valence-electron chi connectivity index (χ3n) is 5.08. The number of benzene rings is 2. The van der Waals surface area contributed by atoms with Crippen molar-refractivity contribution in [2.45, 2.75) is 32.5 Å². The number of hydrogen-bond donors (Lipinski definition) is 1. The molecule has 1 aliphatic rings. The van der Waals surface area contributed by atoms with Gasteiger partial charge in [0.2, 0.25) is 11.8 Å². The molecular weight excluding hydrogens is 352 g/mol. The fraction of sp³-hybridized carbons (Fsp3) is 0.318. The van der Waals surface area contributed by atoms with Crippen LogP contribution in [-0.2, 0) is 29.2 Å². The molecule has 6 nitrogen and oxygen atoms in total. The molecule has 1 heterocycles. The Morgan fingerprint density at radius 2 is 1.82 bits per heavy atom. The number of aromatic nitrogens is 2. The minimum Gasteiger partial charge on any atom is -0.349 e. The molecule has 2 aromatic carbocycles. The molecular formula is C22H24N4O2. The molecule has 2 amide bonds. The van der Waals surface area contributed by atoms with Crippen LogP contribution in [0.2, 0.25) is 0 Å². The molecule has 0 spiro atoms. The first-order chi connectivity index (χ1) is 13.6. The molecule has 0 radical (unpaired) electrons. The number of imidazole rings is 1. The van der Waals surface area contributed by atoms with E-state index in [-0.39, 0.29) is 24.3 Å². The predicted octanol–water partition coefficient (Wildman–Crippen LogP) is 2.72. The van der Waals surface area contributed by atoms with Crippen molar-refractivity contribution < 1.29 is 9.59 Å². The van der Waals surface area contributed by atoms with Gasteiger partial charge in [0.1, 0.15) is 12.4 Å². The third-order valence-corrected chi connectivity index (χ3v) is 5.08. The van der Waals surface area contributed by atoms with Crippen LogP contribution in [0.3, 0.4) is 0 Å². The fourth-order valence-electron chi connectivity index (χ4n) is 3.29. The second kappa shape index (κ2) is 7.84. The summed E-state index contributed by atoms with van der Waals surface area (Å²) in [5.74, 6) is 0.932. The average molecular weight is 376 g/mol. The minimum absolute atomic E-state index is 0.00164. The van der Waals surface area contributed by atoms with Gasteiger partial charge in [0.25, 0.3) is 0 Å². The lowest BCUT2D eigenvalue weighted by atomic mass is 10.2. The van der Waals surface area contributed by atoms with E-state index in [2.05, 4.69) is 10.3 Å². The minimum atomic E-state index is 0.00164. The lowest BCUT2D eigenvalue weighted by molar-refractivity contribution is -0.131. The van der Waals surface area contributed by atoms with E-state index in [0.29, 0.717) is 18.9 Å². The van der Waals surface area contributed by atoms with Gasteiger partial charge in [0, 0.05) is 19.5 Å². The lowest BCUT2D eigenvalue weighted by Gasteiger charge is -2.19. The molecule has 1 aliphatic carbocycles. The van der Waals surface area contributed by atoms with Crippen LogP contribution in [-0.4, -0.2) is 33.3 Å². The van der Waals surface area contributed by atoms with Crippen molar-refractivity contribution in [3.05, 3.63) is 66.0 Å². The molecule has 28 heavy (non-hydrogen) atoms. The summed E-state index contributed by atoms with van der Waals surface area (Å²) < 4.78 is 1.91. The van der Waals surface area contributed by atoms with Crippen LogP contribution in [0.5, 0.6) is 0 Å². The van der Waals surface area contributed by atoms with Crippen molar-refractivity contribution in [1.82, 2.24) is 19.8 Å². The van der Waals surface area contributed by atoms with Crippen LogP contribution in [0.4, 0.5) is 0 Å². The van der Waals surface area contributed by atoms with Crippen molar-refractivity contribution in [3.8, 4) is 0 Å². The second-order valence-electron chi connectivity index (χ2n) is 7.33. The lowest BCUT2D eigenvalue weighted by Crippen LogP contribution is -2.31. The van der Waals surface area contributed by atoms with Crippen LogP contribution in [0.15, 0.2) is 54.6 Å². The molecule has 0 atom stereocenters. The highest BCUT2D eigenvalue weighted by Gasteiger charge is 2.29. The summed E-state index contributed by atoms with van der Waals surface area (Å²) in [5.41, 5.74) is 2.82. The van der Waals surface area contributed by atoms with Gasteiger partial charge in [-0.05, 0) is 30.5 Å². The van der Waals surface area contributed by atoms with Gasteiger partial charge in [-0.15, -0.1) is 0 Å². The zero-order chi connectivity index (χ0) is 19.5. The summed E-state index contributed by atoms with van der Waals surface area (Å²) in [6.07, 6.45) is 1.93. The highest BCUT2D eigenvalue weighted by atomic mass is 16.2. The molecule has 6 heteroatoms. The van der Waals surface area contributed by atoms with Gasteiger partial charge < -0.3 is 14.8 Å². The van der Waals surface area contributed by atoms with Gasteiger partial charge in [0.05, 0.1) is 17.6 Å². The summed E-state index contributed by atoms with van der Waals surface area (Å²) in [5, 5.41) is 2.96. The smallest absolute Gasteiger partial charge is 0.242 e. The number of nitrogens with one attached hydrogen (secondary N) is 1. The number of hydrogen-bond acceptors (Lipinski definition) is 3. The Hall–Kier alpha value is -3.15.